The molecular weight excluding hydrogens is 150 g/mol. The first-order valence-corrected chi connectivity index (χ1v) is 5.14. The first-order chi connectivity index (χ1) is 5.71. The fourth-order valence-corrected chi connectivity index (χ4v) is 2.18. The molecule has 1 saturated carbocycles. The average Bonchev–Trinajstić information content (AvgIpc) is 2.79. The van der Waals surface area contributed by atoms with Crippen LogP contribution < -0.4 is 5.32 Å². The van der Waals surface area contributed by atoms with Crippen molar-refractivity contribution in [1.29, 1.82) is 0 Å². The van der Waals surface area contributed by atoms with Gasteiger partial charge in [0, 0.05) is 6.54 Å². The Morgan fingerprint density at radius 3 is 2.83 bits per heavy atom. The predicted octanol–water partition coefficient (Wildman–Crippen LogP) is 1.15. The van der Waals surface area contributed by atoms with Crippen molar-refractivity contribution in [2.45, 2.75) is 38.2 Å². The number of aliphatic hydroxyl groups is 1. The lowest BCUT2D eigenvalue weighted by Crippen LogP contribution is -2.49. The number of nitrogens with one attached hydrogen (secondary N) is 1. The largest absolute Gasteiger partial charge is 0.390 e. The lowest BCUT2D eigenvalue weighted by molar-refractivity contribution is -0.0447. The maximum atomic E-state index is 10.3. The Balaban J connectivity index is 1.94. The molecule has 70 valence electrons. The van der Waals surface area contributed by atoms with E-state index in [-0.39, 0.29) is 5.60 Å². The monoisotopic (exact) mass is 169 g/mol. The van der Waals surface area contributed by atoms with Gasteiger partial charge in [0.25, 0.3) is 0 Å². The summed E-state index contributed by atoms with van der Waals surface area (Å²) >= 11 is 0. The van der Waals surface area contributed by atoms with Crippen LogP contribution in [0, 0.1) is 11.8 Å². The fourth-order valence-electron chi connectivity index (χ4n) is 2.18. The summed E-state index contributed by atoms with van der Waals surface area (Å²) in [6, 6.07) is 0. The Labute approximate surface area is 74.4 Å². The molecule has 0 aromatic carbocycles. The van der Waals surface area contributed by atoms with Gasteiger partial charge in [-0.1, -0.05) is 19.8 Å². The molecule has 1 heterocycles. The summed E-state index contributed by atoms with van der Waals surface area (Å²) < 4.78 is 0. The van der Waals surface area contributed by atoms with Crippen molar-refractivity contribution in [3.63, 3.8) is 0 Å². The lowest BCUT2D eigenvalue weighted by atomic mass is 9.79. The van der Waals surface area contributed by atoms with Crippen LogP contribution >= 0.6 is 0 Å². The third kappa shape index (κ3) is 1.64. The molecule has 0 spiro atoms. The minimum absolute atomic E-state index is 0.341. The van der Waals surface area contributed by atoms with Crippen LogP contribution in [0.25, 0.3) is 0 Å². The van der Waals surface area contributed by atoms with Crippen LogP contribution in [0.1, 0.15) is 32.6 Å². The molecule has 0 amide bonds. The molecule has 2 rings (SSSR count). The van der Waals surface area contributed by atoms with Gasteiger partial charge in [-0.05, 0) is 31.2 Å². The fraction of sp³-hybridized carbons (Fsp3) is 1.00. The predicted molar refractivity (Wildman–Crippen MR) is 48.9 cm³/mol. The highest BCUT2D eigenvalue weighted by Gasteiger charge is 2.40. The second-order valence-electron chi connectivity index (χ2n) is 4.61. The van der Waals surface area contributed by atoms with Crippen LogP contribution in [-0.4, -0.2) is 23.8 Å². The summed E-state index contributed by atoms with van der Waals surface area (Å²) in [4.78, 5) is 0. The smallest absolute Gasteiger partial charge is 0.0700 e. The second kappa shape index (κ2) is 3.00. The molecule has 1 aliphatic heterocycles. The zero-order valence-corrected chi connectivity index (χ0v) is 7.84. The molecule has 0 bridgehead atoms. The van der Waals surface area contributed by atoms with E-state index in [4.69, 9.17) is 0 Å². The summed E-state index contributed by atoms with van der Waals surface area (Å²) in [6.45, 7) is 4.14. The van der Waals surface area contributed by atoms with Gasteiger partial charge in [-0.3, -0.25) is 0 Å². The maximum Gasteiger partial charge on any atom is 0.0700 e. The Morgan fingerprint density at radius 1 is 1.50 bits per heavy atom. The molecule has 2 N–H and O–H groups in total. The Morgan fingerprint density at radius 2 is 2.25 bits per heavy atom. The first-order valence-electron chi connectivity index (χ1n) is 5.14. The summed E-state index contributed by atoms with van der Waals surface area (Å²) in [5.74, 6) is 1.28. The van der Waals surface area contributed by atoms with E-state index in [1.807, 2.05) is 0 Å². The molecular formula is C10H19NO. The van der Waals surface area contributed by atoms with Crippen molar-refractivity contribution in [3.05, 3.63) is 0 Å². The van der Waals surface area contributed by atoms with Crippen LogP contribution in [-0.2, 0) is 0 Å². The van der Waals surface area contributed by atoms with E-state index in [9.17, 15) is 5.11 Å². The van der Waals surface area contributed by atoms with E-state index in [0.29, 0.717) is 5.92 Å². The number of hydrogen-bond acceptors (Lipinski definition) is 2. The van der Waals surface area contributed by atoms with Gasteiger partial charge in [0.2, 0.25) is 0 Å². The molecule has 2 fully saturated rings. The Bertz CT molecular complexity index is 167. The molecule has 2 heteroatoms. The molecule has 0 aromatic rings. The van der Waals surface area contributed by atoms with Crippen LogP contribution in [0.4, 0.5) is 0 Å². The molecule has 2 aliphatic rings. The van der Waals surface area contributed by atoms with E-state index < -0.39 is 0 Å². The van der Waals surface area contributed by atoms with Crippen molar-refractivity contribution < 1.29 is 5.11 Å². The van der Waals surface area contributed by atoms with Gasteiger partial charge in [0.15, 0.2) is 0 Å². The maximum absolute atomic E-state index is 10.3. The minimum atomic E-state index is -0.341. The van der Waals surface area contributed by atoms with Gasteiger partial charge in [-0.15, -0.1) is 0 Å². The van der Waals surface area contributed by atoms with Gasteiger partial charge >= 0.3 is 0 Å². The second-order valence-corrected chi connectivity index (χ2v) is 4.61. The number of piperidine rings is 1. The standard InChI is InChI=1S/C10H19NO/c1-8-7-11-5-4-10(8,12)6-9-2-3-9/h8-9,11-12H,2-7H2,1H3. The summed E-state index contributed by atoms with van der Waals surface area (Å²) in [6.07, 6.45) is 4.70. The third-order valence-corrected chi connectivity index (χ3v) is 3.44. The molecule has 12 heavy (non-hydrogen) atoms. The topological polar surface area (TPSA) is 32.3 Å². The first kappa shape index (κ1) is 8.52. The van der Waals surface area contributed by atoms with E-state index in [0.717, 1.165) is 31.8 Å². The van der Waals surface area contributed by atoms with Gasteiger partial charge < -0.3 is 10.4 Å². The highest BCUT2D eigenvalue weighted by Crippen LogP contribution is 2.41. The molecule has 1 saturated heterocycles. The summed E-state index contributed by atoms with van der Waals surface area (Å²) in [5.41, 5.74) is -0.341. The molecule has 1 aliphatic carbocycles. The van der Waals surface area contributed by atoms with Crippen molar-refractivity contribution in [3.8, 4) is 0 Å². The molecule has 2 atom stereocenters. The summed E-state index contributed by atoms with van der Waals surface area (Å²) in [5, 5.41) is 13.6. The van der Waals surface area contributed by atoms with E-state index in [1.54, 1.807) is 0 Å². The van der Waals surface area contributed by atoms with Crippen LogP contribution in [0.5, 0.6) is 0 Å². The van der Waals surface area contributed by atoms with Gasteiger partial charge in [-0.2, -0.15) is 0 Å². The number of hydrogen-bond donors (Lipinski definition) is 2. The molecule has 2 nitrogen and oxygen atoms in total. The van der Waals surface area contributed by atoms with Gasteiger partial charge in [0.05, 0.1) is 5.60 Å². The third-order valence-electron chi connectivity index (χ3n) is 3.44. The normalized spacial score (nSPS) is 43.0. The number of rotatable bonds is 2. The van der Waals surface area contributed by atoms with Crippen LogP contribution in [0.15, 0.2) is 0 Å². The molecule has 0 aromatic heterocycles. The SMILES string of the molecule is CC1CNCCC1(O)CC1CC1. The zero-order valence-electron chi connectivity index (χ0n) is 7.84. The highest BCUT2D eigenvalue weighted by atomic mass is 16.3. The summed E-state index contributed by atoms with van der Waals surface area (Å²) in [7, 11) is 0. The van der Waals surface area contributed by atoms with E-state index in [1.165, 1.54) is 12.8 Å². The van der Waals surface area contributed by atoms with Crippen LogP contribution in [0.3, 0.4) is 0 Å². The lowest BCUT2D eigenvalue weighted by Gasteiger charge is -2.38. The van der Waals surface area contributed by atoms with Gasteiger partial charge in [0.1, 0.15) is 0 Å². The van der Waals surface area contributed by atoms with Crippen LogP contribution in [0.2, 0.25) is 0 Å². The molecule has 2 unspecified atom stereocenters. The zero-order chi connectivity index (χ0) is 8.60. The highest BCUT2D eigenvalue weighted by molar-refractivity contribution is 4.94. The Hall–Kier alpha value is -0.0800. The van der Waals surface area contributed by atoms with Crippen molar-refractivity contribution in [1.82, 2.24) is 5.32 Å². The van der Waals surface area contributed by atoms with E-state index in [2.05, 4.69) is 12.2 Å². The van der Waals surface area contributed by atoms with E-state index >= 15 is 0 Å². The van der Waals surface area contributed by atoms with Crippen molar-refractivity contribution in [2.24, 2.45) is 11.8 Å². The van der Waals surface area contributed by atoms with Gasteiger partial charge in [-0.25, -0.2) is 0 Å². The van der Waals surface area contributed by atoms with Crippen molar-refractivity contribution >= 4 is 0 Å². The molecule has 0 radical (unpaired) electrons. The average molecular weight is 169 g/mol. The Kier molecular flexibility index (Phi) is 2.13. The minimum Gasteiger partial charge on any atom is -0.390 e. The quantitative estimate of drug-likeness (QED) is 0.650. The van der Waals surface area contributed by atoms with Crippen molar-refractivity contribution in [2.75, 3.05) is 13.1 Å².